The fourth-order valence-corrected chi connectivity index (χ4v) is 2.94. The molecule has 116 valence electrons. The van der Waals surface area contributed by atoms with E-state index in [1.165, 1.54) is 5.56 Å². The number of imidazole rings is 1. The number of rotatable bonds is 3. The molecule has 0 saturated carbocycles. The van der Waals surface area contributed by atoms with Crippen molar-refractivity contribution in [1.82, 2.24) is 9.38 Å². The second-order valence-electron chi connectivity index (χ2n) is 5.84. The standard InChI is InChI=1S/C21H16N2O/c1-15-11-12-23-19(14-24)21(22-20(23)13-15)18-9-7-17(8-10-18)16-5-3-2-4-6-16/h2-14H,1H3. The van der Waals surface area contributed by atoms with E-state index in [2.05, 4.69) is 29.2 Å². The maximum atomic E-state index is 11.6. The number of fused-ring (bicyclic) bond motifs is 1. The van der Waals surface area contributed by atoms with Crippen molar-refractivity contribution in [3.05, 3.63) is 84.2 Å². The number of carbonyl (C=O) groups excluding carboxylic acids is 1. The maximum absolute atomic E-state index is 11.6. The summed E-state index contributed by atoms with van der Waals surface area (Å²) >= 11 is 0. The second kappa shape index (κ2) is 5.78. The fourth-order valence-electron chi connectivity index (χ4n) is 2.94. The quantitative estimate of drug-likeness (QED) is 0.510. The van der Waals surface area contributed by atoms with Crippen molar-refractivity contribution in [2.75, 3.05) is 0 Å². The van der Waals surface area contributed by atoms with Crippen LogP contribution in [0.1, 0.15) is 16.1 Å². The van der Waals surface area contributed by atoms with Gasteiger partial charge in [-0.2, -0.15) is 0 Å². The van der Waals surface area contributed by atoms with Crippen LogP contribution in [0, 0.1) is 6.92 Å². The van der Waals surface area contributed by atoms with Gasteiger partial charge in [0.2, 0.25) is 0 Å². The Morgan fingerprint density at radius 1 is 0.875 bits per heavy atom. The van der Waals surface area contributed by atoms with Crippen molar-refractivity contribution in [2.24, 2.45) is 0 Å². The molecule has 0 amide bonds. The number of pyridine rings is 1. The predicted octanol–water partition coefficient (Wildman–Crippen LogP) is 4.79. The van der Waals surface area contributed by atoms with E-state index < -0.39 is 0 Å². The third-order valence-electron chi connectivity index (χ3n) is 4.20. The summed E-state index contributed by atoms with van der Waals surface area (Å²) in [5.41, 5.74) is 6.47. The van der Waals surface area contributed by atoms with E-state index in [0.29, 0.717) is 5.69 Å². The third-order valence-corrected chi connectivity index (χ3v) is 4.20. The lowest BCUT2D eigenvalue weighted by atomic mass is 10.0. The monoisotopic (exact) mass is 312 g/mol. The van der Waals surface area contributed by atoms with Gasteiger partial charge in [-0.1, -0.05) is 54.6 Å². The summed E-state index contributed by atoms with van der Waals surface area (Å²) < 4.78 is 1.83. The molecule has 4 rings (SSSR count). The van der Waals surface area contributed by atoms with E-state index >= 15 is 0 Å². The molecule has 0 aliphatic rings. The van der Waals surface area contributed by atoms with Crippen LogP contribution < -0.4 is 0 Å². The molecular weight excluding hydrogens is 296 g/mol. The van der Waals surface area contributed by atoms with Crippen LogP contribution in [0.15, 0.2) is 72.9 Å². The highest BCUT2D eigenvalue weighted by Gasteiger charge is 2.13. The molecule has 3 heteroatoms. The number of hydrogen-bond acceptors (Lipinski definition) is 2. The number of carbonyl (C=O) groups is 1. The highest BCUT2D eigenvalue weighted by Crippen LogP contribution is 2.27. The largest absolute Gasteiger partial charge is 0.297 e. The molecule has 3 nitrogen and oxygen atoms in total. The van der Waals surface area contributed by atoms with Crippen molar-refractivity contribution in [2.45, 2.75) is 6.92 Å². The molecule has 0 atom stereocenters. The van der Waals surface area contributed by atoms with Gasteiger partial charge in [-0.05, 0) is 35.7 Å². The van der Waals surface area contributed by atoms with Gasteiger partial charge in [0.05, 0.1) is 0 Å². The molecule has 0 spiro atoms. The molecule has 0 saturated heterocycles. The first kappa shape index (κ1) is 14.4. The van der Waals surface area contributed by atoms with Gasteiger partial charge in [-0.3, -0.25) is 9.20 Å². The van der Waals surface area contributed by atoms with Gasteiger partial charge in [0.1, 0.15) is 17.0 Å². The average Bonchev–Trinajstić information content (AvgIpc) is 3.00. The van der Waals surface area contributed by atoms with Gasteiger partial charge in [-0.25, -0.2) is 4.98 Å². The van der Waals surface area contributed by atoms with Gasteiger partial charge in [0.15, 0.2) is 6.29 Å². The van der Waals surface area contributed by atoms with Gasteiger partial charge < -0.3 is 0 Å². The Morgan fingerprint density at radius 2 is 1.54 bits per heavy atom. The van der Waals surface area contributed by atoms with Gasteiger partial charge >= 0.3 is 0 Å². The smallest absolute Gasteiger partial charge is 0.169 e. The highest BCUT2D eigenvalue weighted by atomic mass is 16.1. The number of aryl methyl sites for hydroxylation is 1. The Hall–Kier alpha value is -3.20. The van der Waals surface area contributed by atoms with Crippen molar-refractivity contribution in [3.8, 4) is 22.4 Å². The topological polar surface area (TPSA) is 34.4 Å². The molecule has 0 aliphatic carbocycles. The van der Waals surface area contributed by atoms with Crippen molar-refractivity contribution < 1.29 is 4.79 Å². The maximum Gasteiger partial charge on any atom is 0.169 e. The van der Waals surface area contributed by atoms with Crippen LogP contribution in [0.5, 0.6) is 0 Å². The lowest BCUT2D eigenvalue weighted by molar-refractivity contribution is 0.111. The first-order valence-electron chi connectivity index (χ1n) is 7.86. The van der Waals surface area contributed by atoms with E-state index in [1.54, 1.807) is 0 Å². The first-order chi connectivity index (χ1) is 11.8. The molecule has 0 fully saturated rings. The number of aldehydes is 1. The lowest BCUT2D eigenvalue weighted by Gasteiger charge is -2.03. The normalized spacial score (nSPS) is 10.9. The molecule has 0 bridgehead atoms. The third kappa shape index (κ3) is 2.40. The lowest BCUT2D eigenvalue weighted by Crippen LogP contribution is -1.92. The average molecular weight is 312 g/mol. The van der Waals surface area contributed by atoms with Crippen LogP contribution in [-0.4, -0.2) is 15.7 Å². The van der Waals surface area contributed by atoms with Crippen molar-refractivity contribution >= 4 is 11.9 Å². The minimum absolute atomic E-state index is 0.581. The van der Waals surface area contributed by atoms with Crippen molar-refractivity contribution in [3.63, 3.8) is 0 Å². The number of benzene rings is 2. The number of nitrogens with zero attached hydrogens (tertiary/aromatic N) is 2. The Kier molecular flexibility index (Phi) is 3.47. The predicted molar refractivity (Wildman–Crippen MR) is 96.2 cm³/mol. The van der Waals surface area contributed by atoms with E-state index in [-0.39, 0.29) is 0 Å². The molecule has 0 radical (unpaired) electrons. The molecule has 24 heavy (non-hydrogen) atoms. The van der Waals surface area contributed by atoms with Crippen LogP contribution in [-0.2, 0) is 0 Å². The van der Waals surface area contributed by atoms with Crippen LogP contribution in [0.4, 0.5) is 0 Å². The van der Waals surface area contributed by atoms with E-state index in [4.69, 9.17) is 0 Å². The minimum atomic E-state index is 0.581. The minimum Gasteiger partial charge on any atom is -0.297 e. The van der Waals surface area contributed by atoms with Crippen molar-refractivity contribution in [1.29, 1.82) is 0 Å². The van der Waals surface area contributed by atoms with Gasteiger partial charge in [0.25, 0.3) is 0 Å². The highest BCUT2D eigenvalue weighted by molar-refractivity contribution is 5.86. The molecule has 0 aliphatic heterocycles. The summed E-state index contributed by atoms with van der Waals surface area (Å²) in [6, 6.07) is 22.3. The molecule has 0 N–H and O–H groups in total. The summed E-state index contributed by atoms with van der Waals surface area (Å²) in [4.78, 5) is 16.2. The van der Waals surface area contributed by atoms with E-state index in [1.807, 2.05) is 60.0 Å². The summed E-state index contributed by atoms with van der Waals surface area (Å²) in [5, 5.41) is 0. The summed E-state index contributed by atoms with van der Waals surface area (Å²) in [6.45, 7) is 2.02. The Bertz CT molecular complexity index is 1020. The molecular formula is C21H16N2O. The van der Waals surface area contributed by atoms with Crippen LogP contribution >= 0.6 is 0 Å². The second-order valence-corrected chi connectivity index (χ2v) is 5.84. The number of hydrogen-bond donors (Lipinski definition) is 0. The van der Waals surface area contributed by atoms with Crippen LogP contribution in [0.25, 0.3) is 28.0 Å². The molecule has 2 aromatic heterocycles. The van der Waals surface area contributed by atoms with Gasteiger partial charge in [0, 0.05) is 11.8 Å². The molecule has 2 heterocycles. The van der Waals surface area contributed by atoms with Crippen LogP contribution in [0.2, 0.25) is 0 Å². The first-order valence-corrected chi connectivity index (χ1v) is 7.86. The molecule has 4 aromatic rings. The van der Waals surface area contributed by atoms with Gasteiger partial charge in [-0.15, -0.1) is 0 Å². The molecule has 2 aromatic carbocycles. The summed E-state index contributed by atoms with van der Waals surface area (Å²) in [6.07, 6.45) is 2.76. The Balaban J connectivity index is 1.81. The SMILES string of the molecule is Cc1ccn2c(C=O)c(-c3ccc(-c4ccccc4)cc3)nc2c1. The van der Waals surface area contributed by atoms with E-state index in [0.717, 1.165) is 34.3 Å². The number of aromatic nitrogens is 2. The zero-order valence-corrected chi connectivity index (χ0v) is 13.3. The summed E-state index contributed by atoms with van der Waals surface area (Å²) in [7, 11) is 0. The zero-order chi connectivity index (χ0) is 16.5. The summed E-state index contributed by atoms with van der Waals surface area (Å²) in [5.74, 6) is 0. The fraction of sp³-hybridized carbons (Fsp3) is 0.0476. The Morgan fingerprint density at radius 3 is 2.25 bits per heavy atom. The molecule has 0 unspecified atom stereocenters. The van der Waals surface area contributed by atoms with E-state index in [9.17, 15) is 4.79 Å². The Labute approximate surface area is 140 Å². The van der Waals surface area contributed by atoms with Crippen LogP contribution in [0.3, 0.4) is 0 Å². The zero-order valence-electron chi connectivity index (χ0n) is 13.3.